The van der Waals surface area contributed by atoms with Gasteiger partial charge in [-0.05, 0) is 45.7 Å². The van der Waals surface area contributed by atoms with Crippen LogP contribution in [0.15, 0.2) is 0 Å². The van der Waals surface area contributed by atoms with Crippen LogP contribution >= 0.6 is 0 Å². The van der Waals surface area contributed by atoms with Crippen molar-refractivity contribution in [3.63, 3.8) is 0 Å². The van der Waals surface area contributed by atoms with Crippen molar-refractivity contribution in [2.24, 2.45) is 5.92 Å². The Bertz CT molecular complexity index is 250. The van der Waals surface area contributed by atoms with Gasteiger partial charge in [0.1, 0.15) is 5.54 Å². The Balaban J connectivity index is 2.64. The third-order valence-corrected chi connectivity index (χ3v) is 3.98. The molecule has 16 heavy (non-hydrogen) atoms. The summed E-state index contributed by atoms with van der Waals surface area (Å²) in [6.45, 7) is 5.28. The Morgan fingerprint density at radius 3 is 2.31 bits per heavy atom. The molecule has 0 bridgehead atoms. The van der Waals surface area contributed by atoms with Crippen LogP contribution in [0.4, 0.5) is 0 Å². The summed E-state index contributed by atoms with van der Waals surface area (Å²) in [6.07, 6.45) is 4.71. The van der Waals surface area contributed by atoms with Gasteiger partial charge in [0.25, 0.3) is 0 Å². The molecule has 92 valence electrons. The Morgan fingerprint density at radius 1 is 1.44 bits per heavy atom. The SMILES string of the molecule is CCC(CC)N(C)CC(C#N)(NC)C1CC1. The molecule has 0 saturated heterocycles. The van der Waals surface area contributed by atoms with E-state index in [9.17, 15) is 5.26 Å². The van der Waals surface area contributed by atoms with Crippen LogP contribution < -0.4 is 5.32 Å². The van der Waals surface area contributed by atoms with Gasteiger partial charge in [-0.1, -0.05) is 13.8 Å². The van der Waals surface area contributed by atoms with E-state index in [0.29, 0.717) is 12.0 Å². The van der Waals surface area contributed by atoms with Gasteiger partial charge in [-0.2, -0.15) is 5.26 Å². The Labute approximate surface area is 99.8 Å². The first-order valence-electron chi connectivity index (χ1n) is 6.43. The summed E-state index contributed by atoms with van der Waals surface area (Å²) in [5, 5.41) is 12.7. The van der Waals surface area contributed by atoms with E-state index in [1.165, 1.54) is 12.8 Å². The first-order valence-corrected chi connectivity index (χ1v) is 6.43. The monoisotopic (exact) mass is 223 g/mol. The molecule has 0 spiro atoms. The van der Waals surface area contributed by atoms with Crippen molar-refractivity contribution in [1.82, 2.24) is 10.2 Å². The predicted molar refractivity (Wildman–Crippen MR) is 67.1 cm³/mol. The topological polar surface area (TPSA) is 39.1 Å². The van der Waals surface area contributed by atoms with E-state index in [1.54, 1.807) is 0 Å². The highest BCUT2D eigenvalue weighted by Gasteiger charge is 2.45. The summed E-state index contributed by atoms with van der Waals surface area (Å²) < 4.78 is 0. The molecule has 0 radical (unpaired) electrons. The Morgan fingerprint density at radius 2 is 2.00 bits per heavy atom. The Hall–Kier alpha value is -0.590. The van der Waals surface area contributed by atoms with Crippen molar-refractivity contribution >= 4 is 0 Å². The highest BCUT2D eigenvalue weighted by molar-refractivity contribution is 5.16. The third kappa shape index (κ3) is 2.75. The maximum Gasteiger partial charge on any atom is 0.122 e. The number of likely N-dealkylation sites (N-methyl/N-ethyl adjacent to an activating group) is 2. The van der Waals surface area contributed by atoms with Gasteiger partial charge in [-0.3, -0.25) is 0 Å². The van der Waals surface area contributed by atoms with E-state index in [-0.39, 0.29) is 5.54 Å². The van der Waals surface area contributed by atoms with Gasteiger partial charge in [0, 0.05) is 12.6 Å². The average Bonchev–Trinajstić information content (AvgIpc) is 3.12. The van der Waals surface area contributed by atoms with Crippen LogP contribution in [0.25, 0.3) is 0 Å². The summed E-state index contributed by atoms with van der Waals surface area (Å²) in [5.74, 6) is 0.555. The van der Waals surface area contributed by atoms with Crippen molar-refractivity contribution in [3.05, 3.63) is 0 Å². The molecule has 1 unspecified atom stereocenters. The lowest BCUT2D eigenvalue weighted by Crippen LogP contribution is -2.54. The fraction of sp³-hybridized carbons (Fsp3) is 0.923. The minimum absolute atomic E-state index is 0.322. The minimum atomic E-state index is -0.322. The van der Waals surface area contributed by atoms with E-state index in [1.807, 2.05) is 7.05 Å². The second kappa shape index (κ2) is 5.65. The highest BCUT2D eigenvalue weighted by Crippen LogP contribution is 2.39. The molecule has 1 aliphatic carbocycles. The summed E-state index contributed by atoms with van der Waals surface area (Å²) in [7, 11) is 4.06. The van der Waals surface area contributed by atoms with Crippen LogP contribution in [0.3, 0.4) is 0 Å². The molecule has 1 rings (SSSR count). The summed E-state index contributed by atoms with van der Waals surface area (Å²) in [6, 6.07) is 3.11. The molecule has 0 aromatic heterocycles. The zero-order valence-corrected chi connectivity index (χ0v) is 11.1. The van der Waals surface area contributed by atoms with Gasteiger partial charge in [0.2, 0.25) is 0 Å². The molecule has 3 heteroatoms. The molecule has 0 amide bonds. The first kappa shape index (κ1) is 13.5. The van der Waals surface area contributed by atoms with Crippen molar-refractivity contribution < 1.29 is 0 Å². The number of rotatable bonds is 7. The van der Waals surface area contributed by atoms with Gasteiger partial charge in [0.05, 0.1) is 6.07 Å². The van der Waals surface area contributed by atoms with Crippen LogP contribution in [0, 0.1) is 17.2 Å². The number of hydrogen-bond acceptors (Lipinski definition) is 3. The first-order chi connectivity index (χ1) is 7.63. The van der Waals surface area contributed by atoms with E-state index in [4.69, 9.17) is 0 Å². The fourth-order valence-corrected chi connectivity index (χ4v) is 2.61. The van der Waals surface area contributed by atoms with Crippen LogP contribution in [-0.4, -0.2) is 37.1 Å². The molecule has 1 N–H and O–H groups in total. The van der Waals surface area contributed by atoms with E-state index >= 15 is 0 Å². The summed E-state index contributed by atoms with van der Waals surface area (Å²) in [4.78, 5) is 2.35. The van der Waals surface area contributed by atoms with Crippen molar-refractivity contribution in [1.29, 1.82) is 5.26 Å². The zero-order chi connectivity index (χ0) is 12.2. The van der Waals surface area contributed by atoms with Gasteiger partial charge in [-0.15, -0.1) is 0 Å². The Kier molecular flexibility index (Phi) is 4.76. The highest BCUT2D eigenvalue weighted by atomic mass is 15.2. The molecule has 1 atom stereocenters. The van der Waals surface area contributed by atoms with Gasteiger partial charge < -0.3 is 10.2 Å². The summed E-state index contributed by atoms with van der Waals surface area (Å²) >= 11 is 0. The normalized spacial score (nSPS) is 19.8. The smallest absolute Gasteiger partial charge is 0.122 e. The number of nitriles is 1. The summed E-state index contributed by atoms with van der Waals surface area (Å²) in [5.41, 5.74) is -0.322. The molecule has 1 fully saturated rings. The zero-order valence-electron chi connectivity index (χ0n) is 11.1. The van der Waals surface area contributed by atoms with E-state index in [2.05, 4.69) is 37.2 Å². The van der Waals surface area contributed by atoms with Crippen LogP contribution in [-0.2, 0) is 0 Å². The lowest BCUT2D eigenvalue weighted by atomic mass is 9.93. The molecular formula is C13H25N3. The van der Waals surface area contributed by atoms with Crippen molar-refractivity contribution in [2.45, 2.75) is 51.1 Å². The van der Waals surface area contributed by atoms with E-state index < -0.39 is 0 Å². The maximum absolute atomic E-state index is 9.42. The second-order valence-corrected chi connectivity index (χ2v) is 4.99. The largest absolute Gasteiger partial charge is 0.301 e. The molecular weight excluding hydrogens is 198 g/mol. The number of hydrogen-bond donors (Lipinski definition) is 1. The maximum atomic E-state index is 9.42. The third-order valence-electron chi connectivity index (χ3n) is 3.98. The van der Waals surface area contributed by atoms with Gasteiger partial charge in [-0.25, -0.2) is 0 Å². The van der Waals surface area contributed by atoms with Gasteiger partial charge in [0.15, 0.2) is 0 Å². The minimum Gasteiger partial charge on any atom is -0.301 e. The lowest BCUT2D eigenvalue weighted by molar-refractivity contribution is 0.174. The van der Waals surface area contributed by atoms with Crippen LogP contribution in [0.2, 0.25) is 0 Å². The quantitative estimate of drug-likeness (QED) is 0.717. The van der Waals surface area contributed by atoms with E-state index in [0.717, 1.165) is 19.4 Å². The predicted octanol–water partition coefficient (Wildman–Crippen LogP) is 2.00. The average molecular weight is 223 g/mol. The molecule has 1 saturated carbocycles. The fourth-order valence-electron chi connectivity index (χ4n) is 2.61. The molecule has 0 aromatic carbocycles. The molecule has 0 aromatic rings. The number of nitrogens with one attached hydrogen (secondary N) is 1. The molecule has 0 aliphatic heterocycles. The number of nitrogens with zero attached hydrogens (tertiary/aromatic N) is 2. The van der Waals surface area contributed by atoms with Gasteiger partial charge >= 0.3 is 0 Å². The standard InChI is InChI=1S/C13H25N3/c1-5-12(6-2)16(4)10-13(9-14,15-3)11-7-8-11/h11-12,15H,5-8,10H2,1-4H3. The van der Waals surface area contributed by atoms with Crippen molar-refractivity contribution in [3.8, 4) is 6.07 Å². The molecule has 3 nitrogen and oxygen atoms in total. The van der Waals surface area contributed by atoms with Crippen molar-refractivity contribution in [2.75, 3.05) is 20.6 Å². The molecule has 1 aliphatic rings. The van der Waals surface area contributed by atoms with Crippen LogP contribution in [0.1, 0.15) is 39.5 Å². The molecule has 0 heterocycles. The second-order valence-electron chi connectivity index (χ2n) is 4.99. The lowest BCUT2D eigenvalue weighted by Gasteiger charge is -2.35. The van der Waals surface area contributed by atoms with Crippen LogP contribution in [0.5, 0.6) is 0 Å².